The monoisotopic (exact) mass is 538 g/mol. The first-order chi connectivity index (χ1) is 16.4. The predicted molar refractivity (Wildman–Crippen MR) is 120 cm³/mol. The Balaban J connectivity index is 1.32. The smallest absolute Gasteiger partial charge is 0.406 e. The molecule has 0 amide bonds. The van der Waals surface area contributed by atoms with Gasteiger partial charge in [0.25, 0.3) is 0 Å². The molecule has 3 aromatic heterocycles. The van der Waals surface area contributed by atoms with Gasteiger partial charge in [-0.3, -0.25) is 0 Å². The molecule has 34 heavy (non-hydrogen) atoms. The Morgan fingerprint density at radius 2 is 1.88 bits per heavy atom. The van der Waals surface area contributed by atoms with Crippen LogP contribution in [0.25, 0.3) is 16.9 Å². The van der Waals surface area contributed by atoms with Gasteiger partial charge in [-0.25, -0.2) is 4.98 Å². The topological polar surface area (TPSA) is 105 Å². The normalized spacial score (nSPS) is 14.5. The van der Waals surface area contributed by atoms with E-state index in [-0.39, 0.29) is 5.75 Å². The Labute approximate surface area is 199 Å². The zero-order chi connectivity index (χ0) is 23.7. The lowest BCUT2D eigenvalue weighted by atomic mass is 10.2. The molecule has 0 saturated carbocycles. The average Bonchev–Trinajstić information content (AvgIpc) is 3.45. The number of rotatable bonds is 6. The van der Waals surface area contributed by atoms with Crippen LogP contribution in [0.15, 0.2) is 41.1 Å². The van der Waals surface area contributed by atoms with Crippen LogP contribution in [0.2, 0.25) is 0 Å². The number of alkyl halides is 3. The van der Waals surface area contributed by atoms with Gasteiger partial charge in [-0.05, 0) is 45.8 Å². The molecule has 4 aromatic rings. The number of H-pyrrole nitrogens is 1. The summed E-state index contributed by atoms with van der Waals surface area (Å²) in [5.74, 6) is 1.38. The second-order valence-electron chi connectivity index (χ2n) is 7.34. The van der Waals surface area contributed by atoms with Gasteiger partial charge in [0.15, 0.2) is 5.65 Å². The number of benzene rings is 1. The summed E-state index contributed by atoms with van der Waals surface area (Å²) in [7, 11) is 0. The van der Waals surface area contributed by atoms with E-state index >= 15 is 0 Å². The number of hydrogen-bond acceptors (Lipinski definition) is 8. The number of nitrogens with one attached hydrogen (secondary N) is 2. The highest BCUT2D eigenvalue weighted by molar-refractivity contribution is 9.10. The summed E-state index contributed by atoms with van der Waals surface area (Å²) < 4.78 is 48.7. The van der Waals surface area contributed by atoms with E-state index in [2.05, 4.69) is 51.0 Å². The van der Waals surface area contributed by atoms with Crippen LogP contribution in [0.1, 0.15) is 5.82 Å². The number of nitrogens with zero attached hydrogens (tertiary/aromatic N) is 6. The van der Waals surface area contributed by atoms with E-state index < -0.39 is 6.36 Å². The largest absolute Gasteiger partial charge is 0.573 e. The van der Waals surface area contributed by atoms with Crippen LogP contribution in [-0.2, 0) is 11.3 Å². The van der Waals surface area contributed by atoms with Gasteiger partial charge in [0.1, 0.15) is 11.6 Å². The maximum Gasteiger partial charge on any atom is 0.573 e. The zero-order valence-corrected chi connectivity index (χ0v) is 19.1. The molecule has 1 fully saturated rings. The van der Waals surface area contributed by atoms with E-state index in [0.717, 1.165) is 4.47 Å². The molecule has 0 atom stereocenters. The molecule has 0 radical (unpaired) electrons. The fourth-order valence-corrected chi connectivity index (χ4v) is 3.80. The van der Waals surface area contributed by atoms with Gasteiger partial charge in [0, 0.05) is 13.1 Å². The van der Waals surface area contributed by atoms with Crippen LogP contribution >= 0.6 is 15.9 Å². The van der Waals surface area contributed by atoms with E-state index in [9.17, 15) is 13.2 Å². The molecule has 0 bridgehead atoms. The Kier molecular flexibility index (Phi) is 6.00. The highest BCUT2D eigenvalue weighted by Gasteiger charge is 2.31. The molecule has 1 aliphatic heterocycles. The number of morpholine rings is 1. The van der Waals surface area contributed by atoms with Crippen molar-refractivity contribution in [2.24, 2.45) is 0 Å². The van der Waals surface area contributed by atoms with Gasteiger partial charge in [0.2, 0.25) is 11.9 Å². The van der Waals surface area contributed by atoms with Crippen LogP contribution in [0.4, 0.5) is 25.1 Å². The van der Waals surface area contributed by atoms with Gasteiger partial charge in [0.05, 0.1) is 42.3 Å². The number of anilines is 2. The van der Waals surface area contributed by atoms with Crippen molar-refractivity contribution in [3.8, 4) is 17.0 Å². The minimum atomic E-state index is -4.73. The molecule has 1 aromatic carbocycles. The minimum Gasteiger partial charge on any atom is -0.406 e. The lowest BCUT2D eigenvalue weighted by molar-refractivity contribution is -0.274. The Morgan fingerprint density at radius 3 is 2.62 bits per heavy atom. The first-order valence-corrected chi connectivity index (χ1v) is 11.0. The zero-order valence-electron chi connectivity index (χ0n) is 17.5. The second kappa shape index (κ2) is 9.10. The molecule has 4 heterocycles. The standard InChI is InChI=1S/C20H18BrF3N8O2/c21-14-9-27-32-17(14)29-19(31-5-7-33-8-6-31)30-18(32)26-11-16-25-10-15(28-16)12-1-3-13(4-2-12)34-20(22,23)24/h1-4,9-10H,5-8,11H2,(H,25,28)(H,26,29,30). The third kappa shape index (κ3) is 4.92. The number of halogens is 4. The average molecular weight is 539 g/mol. The van der Waals surface area contributed by atoms with Crippen molar-refractivity contribution in [3.63, 3.8) is 0 Å². The van der Waals surface area contributed by atoms with Crippen molar-refractivity contribution in [2.75, 3.05) is 36.5 Å². The van der Waals surface area contributed by atoms with E-state index in [1.54, 1.807) is 16.9 Å². The van der Waals surface area contributed by atoms with Crippen molar-refractivity contribution < 1.29 is 22.6 Å². The SMILES string of the molecule is FC(F)(F)Oc1ccc(-c2cnc(CNc3nc(N4CCOCC4)nc4c(Br)cnn34)[nH]2)cc1. The molecular formula is C20H18BrF3N8O2. The van der Waals surface area contributed by atoms with Crippen molar-refractivity contribution in [1.29, 1.82) is 0 Å². The number of ether oxygens (including phenoxy) is 2. The molecule has 1 aliphatic rings. The number of aromatic amines is 1. The summed E-state index contributed by atoms with van der Waals surface area (Å²) in [6.07, 6.45) is -1.47. The summed E-state index contributed by atoms with van der Waals surface area (Å²) in [5, 5.41) is 7.55. The highest BCUT2D eigenvalue weighted by Crippen LogP contribution is 2.26. The van der Waals surface area contributed by atoms with Crippen LogP contribution in [0.3, 0.4) is 0 Å². The van der Waals surface area contributed by atoms with Crippen LogP contribution in [-0.4, -0.2) is 62.2 Å². The molecule has 1 saturated heterocycles. The Bertz CT molecular complexity index is 1290. The molecule has 178 valence electrons. The fraction of sp³-hybridized carbons (Fsp3) is 0.300. The number of hydrogen-bond donors (Lipinski definition) is 2. The van der Waals surface area contributed by atoms with Gasteiger partial charge in [-0.1, -0.05) is 0 Å². The fourth-order valence-electron chi connectivity index (χ4n) is 3.46. The van der Waals surface area contributed by atoms with E-state index in [1.165, 1.54) is 24.3 Å². The third-order valence-corrected chi connectivity index (χ3v) is 5.61. The number of imidazole rings is 1. The van der Waals surface area contributed by atoms with E-state index in [1.807, 2.05) is 4.90 Å². The van der Waals surface area contributed by atoms with Gasteiger partial charge in [-0.2, -0.15) is 19.6 Å². The second-order valence-corrected chi connectivity index (χ2v) is 8.20. The van der Waals surface area contributed by atoms with Crippen molar-refractivity contribution in [2.45, 2.75) is 12.9 Å². The molecule has 14 heteroatoms. The lowest BCUT2D eigenvalue weighted by Crippen LogP contribution is -2.37. The minimum absolute atomic E-state index is 0.285. The van der Waals surface area contributed by atoms with Gasteiger partial charge < -0.3 is 24.7 Å². The predicted octanol–water partition coefficient (Wildman–Crippen LogP) is 3.62. The van der Waals surface area contributed by atoms with Gasteiger partial charge >= 0.3 is 6.36 Å². The quantitative estimate of drug-likeness (QED) is 0.383. The van der Waals surface area contributed by atoms with Crippen molar-refractivity contribution >= 4 is 33.5 Å². The molecule has 2 N–H and O–H groups in total. The third-order valence-electron chi connectivity index (χ3n) is 5.05. The molecular weight excluding hydrogens is 521 g/mol. The number of fused-ring (bicyclic) bond motifs is 1. The van der Waals surface area contributed by atoms with Crippen LogP contribution in [0.5, 0.6) is 5.75 Å². The maximum absolute atomic E-state index is 12.4. The van der Waals surface area contributed by atoms with E-state index in [0.29, 0.717) is 67.5 Å². The van der Waals surface area contributed by atoms with Crippen molar-refractivity contribution in [1.82, 2.24) is 29.5 Å². The molecule has 10 nitrogen and oxygen atoms in total. The first kappa shape index (κ1) is 22.4. The van der Waals surface area contributed by atoms with E-state index in [4.69, 9.17) is 4.74 Å². The Morgan fingerprint density at radius 1 is 1.12 bits per heavy atom. The van der Waals surface area contributed by atoms with Crippen LogP contribution in [0, 0.1) is 0 Å². The summed E-state index contributed by atoms with van der Waals surface area (Å²) in [6, 6.07) is 5.55. The number of aromatic nitrogens is 6. The summed E-state index contributed by atoms with van der Waals surface area (Å²) >= 11 is 3.47. The van der Waals surface area contributed by atoms with Gasteiger partial charge in [-0.15, -0.1) is 13.2 Å². The van der Waals surface area contributed by atoms with Crippen molar-refractivity contribution in [3.05, 3.63) is 47.0 Å². The summed E-state index contributed by atoms with van der Waals surface area (Å²) in [6.45, 7) is 2.90. The van der Waals surface area contributed by atoms with Crippen LogP contribution < -0.4 is 15.0 Å². The summed E-state index contributed by atoms with van der Waals surface area (Å²) in [4.78, 5) is 18.8. The lowest BCUT2D eigenvalue weighted by Gasteiger charge is -2.27. The molecule has 0 spiro atoms. The molecule has 0 unspecified atom stereocenters. The molecule has 0 aliphatic carbocycles. The maximum atomic E-state index is 12.4. The first-order valence-electron chi connectivity index (χ1n) is 10.2. The highest BCUT2D eigenvalue weighted by atomic mass is 79.9. The summed E-state index contributed by atoms with van der Waals surface area (Å²) in [5.41, 5.74) is 1.95. The molecule has 5 rings (SSSR count). The Hall–Kier alpha value is -3.39.